The number of benzene rings is 2. The minimum absolute atomic E-state index is 0.274. The number of ether oxygens (including phenoxy) is 1. The van der Waals surface area contributed by atoms with E-state index >= 15 is 0 Å². The van der Waals surface area contributed by atoms with Crippen molar-refractivity contribution in [1.29, 1.82) is 0 Å². The number of aryl methyl sites for hydroxylation is 1. The summed E-state index contributed by atoms with van der Waals surface area (Å²) in [5.74, 6) is 2.87. The molecule has 0 spiro atoms. The van der Waals surface area contributed by atoms with Gasteiger partial charge in [0.05, 0.1) is 40.4 Å². The van der Waals surface area contributed by atoms with E-state index in [-0.39, 0.29) is 5.69 Å². The Bertz CT molecular complexity index is 1910. The fraction of sp³-hybridized carbons (Fsp3) is 0.438. The predicted molar refractivity (Wildman–Crippen MR) is 189 cm³/mol. The van der Waals surface area contributed by atoms with Gasteiger partial charge in [0.15, 0.2) is 0 Å². The largest absolute Gasteiger partial charge is 0.494 e. The molecule has 3 N–H and O–H groups in total. The van der Waals surface area contributed by atoms with E-state index in [2.05, 4.69) is 87.0 Å². The molecule has 3 aliphatic heterocycles. The van der Waals surface area contributed by atoms with Gasteiger partial charge in [-0.25, -0.2) is 13.4 Å². The van der Waals surface area contributed by atoms with Gasteiger partial charge in [-0.1, -0.05) is 0 Å². The average Bonchev–Trinajstić information content (AvgIpc) is 3.04. The van der Waals surface area contributed by atoms with E-state index in [1.165, 1.54) is 31.4 Å². The van der Waals surface area contributed by atoms with Crippen LogP contribution in [-0.2, 0) is 10.0 Å². The number of anilines is 6. The van der Waals surface area contributed by atoms with Crippen molar-refractivity contribution in [2.24, 2.45) is 11.8 Å². The van der Waals surface area contributed by atoms with Crippen LogP contribution in [0.4, 0.5) is 34.5 Å². The van der Waals surface area contributed by atoms with E-state index in [9.17, 15) is 8.42 Å². The molecule has 15 heteroatoms. The fourth-order valence-electron chi connectivity index (χ4n) is 7.25. The first-order valence-electron chi connectivity index (χ1n) is 15.7. The minimum Gasteiger partial charge on any atom is -0.494 e. The smallest absolute Gasteiger partial charge is 0.229 e. The second-order valence-corrected chi connectivity index (χ2v) is 15.4. The van der Waals surface area contributed by atoms with Crippen LogP contribution < -0.4 is 25.0 Å². The maximum absolute atomic E-state index is 12.2. The van der Waals surface area contributed by atoms with Crippen LogP contribution in [0.2, 0.25) is 0 Å². The van der Waals surface area contributed by atoms with Crippen molar-refractivity contribution in [3.63, 3.8) is 0 Å². The third kappa shape index (κ3) is 6.53. The number of halogens is 1. The molecule has 2 aromatic heterocycles. The van der Waals surface area contributed by atoms with Gasteiger partial charge in [-0.2, -0.15) is 4.98 Å². The second kappa shape index (κ2) is 12.7. The number of likely N-dealkylation sites (N-methyl/N-ethyl adjacent to an activating group) is 1. The lowest BCUT2D eigenvalue weighted by Gasteiger charge is -2.59. The molecule has 2 aromatic carbocycles. The van der Waals surface area contributed by atoms with Crippen LogP contribution in [0.25, 0.3) is 11.0 Å². The Balaban J connectivity index is 1.10. The summed E-state index contributed by atoms with van der Waals surface area (Å²) in [6, 6.07) is 8.40. The van der Waals surface area contributed by atoms with Crippen molar-refractivity contribution in [2.75, 3.05) is 79.9 Å². The zero-order valence-electron chi connectivity index (χ0n) is 26.9. The summed E-state index contributed by atoms with van der Waals surface area (Å²) in [6.07, 6.45) is 7.11. The highest BCUT2D eigenvalue weighted by atomic mass is 79.9. The normalized spacial score (nSPS) is 21.7. The van der Waals surface area contributed by atoms with Crippen molar-refractivity contribution in [1.82, 2.24) is 29.7 Å². The topological polar surface area (TPSA) is 141 Å². The lowest BCUT2D eigenvalue weighted by atomic mass is 9.65. The number of sulfonamides is 1. The summed E-state index contributed by atoms with van der Waals surface area (Å²) < 4.78 is 33.5. The van der Waals surface area contributed by atoms with E-state index in [4.69, 9.17) is 9.72 Å². The lowest BCUT2D eigenvalue weighted by molar-refractivity contribution is -0.0346. The molecule has 8 rings (SSSR count). The van der Waals surface area contributed by atoms with Gasteiger partial charge in [0.2, 0.25) is 16.0 Å². The zero-order valence-corrected chi connectivity index (χ0v) is 29.3. The highest BCUT2D eigenvalue weighted by molar-refractivity contribution is 9.10. The van der Waals surface area contributed by atoms with E-state index < -0.39 is 10.0 Å². The molecule has 13 nitrogen and oxygen atoms in total. The number of rotatable bonds is 9. The molecule has 3 atom stereocenters. The van der Waals surface area contributed by atoms with Crippen LogP contribution in [0.15, 0.2) is 47.3 Å². The van der Waals surface area contributed by atoms with Crippen molar-refractivity contribution >= 4 is 71.5 Å². The molecule has 3 saturated heterocycles. The van der Waals surface area contributed by atoms with Crippen molar-refractivity contribution < 1.29 is 13.2 Å². The summed E-state index contributed by atoms with van der Waals surface area (Å²) >= 11 is 3.53. The first-order chi connectivity index (χ1) is 22.6. The van der Waals surface area contributed by atoms with Crippen molar-refractivity contribution in [3.05, 3.63) is 52.9 Å². The minimum atomic E-state index is -3.61. The molecule has 1 saturated carbocycles. The SMILES string of the molecule is COc1cc(N2C[C@H]3C[C@@H](C2)C3N2CCN(C)CC2)c(C)cc1Nc1ncc(Br)c(Nc2ccc3nccnc3c2NS(C)(=O)=O)n1. The quantitative estimate of drug-likeness (QED) is 0.225. The van der Waals surface area contributed by atoms with Gasteiger partial charge >= 0.3 is 0 Å². The number of hydrogen-bond donors (Lipinski definition) is 3. The molecule has 4 aromatic rings. The van der Waals surface area contributed by atoms with Gasteiger partial charge in [-0.3, -0.25) is 19.6 Å². The summed E-state index contributed by atoms with van der Waals surface area (Å²) in [4.78, 5) is 25.5. The number of hydrogen-bond acceptors (Lipinski definition) is 12. The monoisotopic (exact) mass is 722 g/mol. The van der Waals surface area contributed by atoms with Crippen molar-refractivity contribution in [3.8, 4) is 5.75 Å². The highest BCUT2D eigenvalue weighted by Gasteiger charge is 2.49. The van der Waals surface area contributed by atoms with Gasteiger partial charge in [-0.15, -0.1) is 0 Å². The maximum atomic E-state index is 12.2. The summed E-state index contributed by atoms with van der Waals surface area (Å²) in [6.45, 7) is 8.91. The number of piperidine rings is 2. The molecule has 2 bridgehead atoms. The number of nitrogens with zero attached hydrogens (tertiary/aromatic N) is 7. The maximum Gasteiger partial charge on any atom is 0.229 e. The molecular formula is C32H39BrN10O3S. The molecular weight excluding hydrogens is 684 g/mol. The Morgan fingerprint density at radius 2 is 1.72 bits per heavy atom. The third-order valence-corrected chi connectivity index (χ3v) is 10.6. The summed E-state index contributed by atoms with van der Waals surface area (Å²) in [5.41, 5.74) is 4.79. The van der Waals surface area contributed by atoms with E-state index in [1.807, 2.05) is 0 Å². The number of nitrogens with one attached hydrogen (secondary N) is 3. The number of aromatic nitrogens is 4. The highest BCUT2D eigenvalue weighted by Crippen LogP contribution is 2.46. The Labute approximate surface area is 283 Å². The van der Waals surface area contributed by atoms with E-state index in [0.29, 0.717) is 56.6 Å². The fourth-order valence-corrected chi connectivity index (χ4v) is 8.12. The Kier molecular flexibility index (Phi) is 8.57. The van der Waals surface area contributed by atoms with Crippen LogP contribution in [-0.4, -0.2) is 104 Å². The van der Waals surface area contributed by atoms with Crippen LogP contribution in [0.1, 0.15) is 12.0 Å². The van der Waals surface area contributed by atoms with Gasteiger partial charge in [0.1, 0.15) is 17.1 Å². The van der Waals surface area contributed by atoms with Crippen LogP contribution >= 0.6 is 15.9 Å². The Hall–Kier alpha value is -3.79. The first kappa shape index (κ1) is 31.8. The van der Waals surface area contributed by atoms with Gasteiger partial charge in [0.25, 0.3) is 0 Å². The molecule has 248 valence electrons. The zero-order chi connectivity index (χ0) is 32.9. The number of fused-ring (bicyclic) bond motifs is 3. The lowest BCUT2D eigenvalue weighted by Crippen LogP contribution is -2.66. The standard InChI is InChI=1S/C32H39BrN10O3S/c1-19-13-25(27(46-3)15-26(19)43-17-20-14-21(18-43)30(20)42-11-9-41(2)10-12-42)38-32-36-16-22(33)31(39-32)37-24-6-5-23-28(35-8-7-34-23)29(24)40-47(4,44)45/h5-8,13,15-16,20-21,30,40H,9-12,14,17-18H2,1-4H3,(H2,36,37,38,39)/t20-,21+,30?. The van der Waals surface area contributed by atoms with Crippen LogP contribution in [0.3, 0.4) is 0 Å². The predicted octanol–water partition coefficient (Wildman–Crippen LogP) is 4.43. The summed E-state index contributed by atoms with van der Waals surface area (Å²) in [5, 5.41) is 6.57. The van der Waals surface area contributed by atoms with E-state index in [1.54, 1.807) is 31.6 Å². The molecule has 1 aliphatic carbocycles. The Morgan fingerprint density at radius 1 is 0.979 bits per heavy atom. The third-order valence-electron chi connectivity index (χ3n) is 9.47. The molecule has 0 radical (unpaired) electrons. The molecule has 4 aliphatic rings. The van der Waals surface area contributed by atoms with Gasteiger partial charge in [0, 0.05) is 75.7 Å². The first-order valence-corrected chi connectivity index (χ1v) is 18.4. The second-order valence-electron chi connectivity index (χ2n) is 12.8. The van der Waals surface area contributed by atoms with Crippen molar-refractivity contribution in [2.45, 2.75) is 19.4 Å². The molecule has 47 heavy (non-hydrogen) atoms. The van der Waals surface area contributed by atoms with Crippen LogP contribution in [0.5, 0.6) is 5.75 Å². The molecule has 4 fully saturated rings. The van der Waals surface area contributed by atoms with Gasteiger partial charge in [-0.05, 0) is 71.9 Å². The summed E-state index contributed by atoms with van der Waals surface area (Å²) in [7, 11) is 0.275. The Morgan fingerprint density at radius 3 is 2.45 bits per heavy atom. The number of methoxy groups -OCH3 is 1. The molecule has 0 amide bonds. The van der Waals surface area contributed by atoms with Crippen LogP contribution in [0, 0.1) is 18.8 Å². The molecule has 1 unspecified atom stereocenters. The number of piperazine rings is 1. The van der Waals surface area contributed by atoms with Gasteiger partial charge < -0.3 is 25.2 Å². The average molecular weight is 724 g/mol. The molecule has 5 heterocycles. The van der Waals surface area contributed by atoms with E-state index in [0.717, 1.165) is 43.7 Å².